The first-order valence-corrected chi connectivity index (χ1v) is 7.22. The number of hydrogen-bond donors (Lipinski definition) is 1. The monoisotopic (exact) mass is 267 g/mol. The Hall–Kier alpha value is -0.840. The fourth-order valence-electron chi connectivity index (χ4n) is 2.29. The van der Waals surface area contributed by atoms with Crippen LogP contribution in [0.25, 0.3) is 0 Å². The molecule has 1 N–H and O–H groups in total. The molecular weight excluding hydrogens is 238 g/mol. The molecule has 0 aliphatic heterocycles. The van der Waals surface area contributed by atoms with E-state index in [2.05, 4.69) is 56.0 Å². The molecule has 0 aliphatic carbocycles. The second-order valence-electron chi connectivity index (χ2n) is 5.38. The molecule has 0 radical (unpaired) electrons. The van der Waals surface area contributed by atoms with E-state index in [9.17, 15) is 0 Å². The Morgan fingerprint density at radius 1 is 1.32 bits per heavy atom. The average molecular weight is 267 g/mol. The third-order valence-corrected chi connectivity index (χ3v) is 3.31. The molecule has 1 aromatic heterocycles. The molecule has 1 rings (SSSR count). The second-order valence-corrected chi connectivity index (χ2v) is 5.38. The molecule has 19 heavy (non-hydrogen) atoms. The molecule has 1 heterocycles. The van der Waals surface area contributed by atoms with E-state index in [-0.39, 0.29) is 0 Å². The van der Waals surface area contributed by atoms with Crippen molar-refractivity contribution in [2.45, 2.75) is 39.9 Å². The van der Waals surface area contributed by atoms with Crippen LogP contribution in [0.4, 0.5) is 0 Å². The molecule has 4 nitrogen and oxygen atoms in total. The Morgan fingerprint density at radius 2 is 2.05 bits per heavy atom. The average Bonchev–Trinajstić information content (AvgIpc) is 2.80. The van der Waals surface area contributed by atoms with Crippen molar-refractivity contribution in [2.75, 3.05) is 33.7 Å². The third-order valence-electron chi connectivity index (χ3n) is 3.31. The van der Waals surface area contributed by atoms with E-state index < -0.39 is 0 Å². The number of furan rings is 1. The zero-order valence-electron chi connectivity index (χ0n) is 13.1. The molecule has 0 saturated heterocycles. The number of hydrogen-bond acceptors (Lipinski definition) is 4. The summed E-state index contributed by atoms with van der Waals surface area (Å²) in [6, 6.07) is 2.69. The first kappa shape index (κ1) is 16.2. The third kappa shape index (κ3) is 5.76. The second kappa shape index (κ2) is 8.35. The molecule has 0 aliphatic rings. The summed E-state index contributed by atoms with van der Waals surface area (Å²) in [7, 11) is 4.23. The largest absolute Gasteiger partial charge is 0.468 e. The van der Waals surface area contributed by atoms with Crippen molar-refractivity contribution in [1.82, 2.24) is 15.1 Å². The summed E-state index contributed by atoms with van der Waals surface area (Å²) in [6.07, 6.45) is 1.86. The highest BCUT2D eigenvalue weighted by Gasteiger charge is 2.15. The van der Waals surface area contributed by atoms with Gasteiger partial charge < -0.3 is 14.6 Å². The van der Waals surface area contributed by atoms with Crippen LogP contribution in [0.5, 0.6) is 0 Å². The van der Waals surface area contributed by atoms with Gasteiger partial charge in [0, 0.05) is 24.7 Å². The van der Waals surface area contributed by atoms with Crippen LogP contribution in [0.15, 0.2) is 16.7 Å². The molecular formula is C15H29N3O. The summed E-state index contributed by atoms with van der Waals surface area (Å²) in [5.41, 5.74) is 1.23. The molecule has 0 aromatic carbocycles. The van der Waals surface area contributed by atoms with Crippen molar-refractivity contribution in [1.29, 1.82) is 0 Å². The van der Waals surface area contributed by atoms with Crippen LogP contribution in [0.1, 0.15) is 32.1 Å². The Bertz CT molecular complexity index is 349. The van der Waals surface area contributed by atoms with Gasteiger partial charge in [0.05, 0.1) is 12.8 Å². The fourth-order valence-corrected chi connectivity index (χ4v) is 2.29. The standard InChI is InChI=1S/C15H29N3O/c1-6-16-9-14-8-15(19-12-14)11-18(7-2)13(3)10-17(4)5/h8,12-13,16H,6-7,9-11H2,1-5H3. The Kier molecular flexibility index (Phi) is 7.13. The SMILES string of the molecule is CCNCc1coc(CN(CC)C(C)CN(C)C)c1. The van der Waals surface area contributed by atoms with Gasteiger partial charge in [-0.3, -0.25) is 4.90 Å². The summed E-state index contributed by atoms with van der Waals surface area (Å²) in [4.78, 5) is 4.67. The maximum atomic E-state index is 5.65. The highest BCUT2D eigenvalue weighted by atomic mass is 16.3. The van der Waals surface area contributed by atoms with Crippen LogP contribution >= 0.6 is 0 Å². The van der Waals surface area contributed by atoms with Gasteiger partial charge in [-0.2, -0.15) is 0 Å². The van der Waals surface area contributed by atoms with E-state index in [1.54, 1.807) is 0 Å². The van der Waals surface area contributed by atoms with Gasteiger partial charge in [-0.05, 0) is 40.2 Å². The first-order valence-electron chi connectivity index (χ1n) is 7.22. The summed E-state index contributed by atoms with van der Waals surface area (Å²) >= 11 is 0. The van der Waals surface area contributed by atoms with Gasteiger partial charge in [0.15, 0.2) is 0 Å². The van der Waals surface area contributed by atoms with Crippen LogP contribution in [0.2, 0.25) is 0 Å². The molecule has 1 unspecified atom stereocenters. The van der Waals surface area contributed by atoms with Crippen LogP contribution in [0.3, 0.4) is 0 Å². The smallest absolute Gasteiger partial charge is 0.118 e. The molecule has 1 atom stereocenters. The Labute approximate surface area is 117 Å². The minimum absolute atomic E-state index is 0.530. The van der Waals surface area contributed by atoms with Gasteiger partial charge in [-0.15, -0.1) is 0 Å². The minimum Gasteiger partial charge on any atom is -0.468 e. The Morgan fingerprint density at radius 3 is 2.63 bits per heavy atom. The number of nitrogens with one attached hydrogen (secondary N) is 1. The van der Waals surface area contributed by atoms with E-state index in [0.717, 1.165) is 38.5 Å². The summed E-state index contributed by atoms with van der Waals surface area (Å²) in [6.45, 7) is 11.5. The minimum atomic E-state index is 0.530. The lowest BCUT2D eigenvalue weighted by Gasteiger charge is -2.29. The summed E-state index contributed by atoms with van der Waals surface area (Å²) < 4.78 is 5.65. The maximum absolute atomic E-state index is 5.65. The van der Waals surface area contributed by atoms with Crippen LogP contribution in [-0.2, 0) is 13.1 Å². The van der Waals surface area contributed by atoms with Crippen molar-refractivity contribution in [3.63, 3.8) is 0 Å². The zero-order valence-corrected chi connectivity index (χ0v) is 13.1. The maximum Gasteiger partial charge on any atom is 0.118 e. The summed E-state index contributed by atoms with van der Waals surface area (Å²) in [5.74, 6) is 1.06. The molecule has 0 fully saturated rings. The fraction of sp³-hybridized carbons (Fsp3) is 0.733. The number of rotatable bonds is 9. The molecule has 110 valence electrons. The van der Waals surface area contributed by atoms with Gasteiger partial charge in [-0.1, -0.05) is 13.8 Å². The van der Waals surface area contributed by atoms with Gasteiger partial charge in [0.25, 0.3) is 0 Å². The van der Waals surface area contributed by atoms with E-state index in [0.29, 0.717) is 6.04 Å². The topological polar surface area (TPSA) is 31.7 Å². The van der Waals surface area contributed by atoms with Gasteiger partial charge >= 0.3 is 0 Å². The highest BCUT2D eigenvalue weighted by Crippen LogP contribution is 2.12. The van der Waals surface area contributed by atoms with E-state index in [1.807, 2.05) is 6.26 Å². The van der Waals surface area contributed by atoms with Gasteiger partial charge in [0.2, 0.25) is 0 Å². The first-order chi connectivity index (χ1) is 9.06. The Balaban J connectivity index is 2.52. The number of likely N-dealkylation sites (N-methyl/N-ethyl adjacent to an activating group) is 2. The molecule has 0 spiro atoms. The van der Waals surface area contributed by atoms with E-state index >= 15 is 0 Å². The lowest BCUT2D eigenvalue weighted by molar-refractivity contribution is 0.163. The van der Waals surface area contributed by atoms with Crippen molar-refractivity contribution in [3.05, 3.63) is 23.7 Å². The predicted molar refractivity (Wildman–Crippen MR) is 80.2 cm³/mol. The van der Waals surface area contributed by atoms with Gasteiger partial charge in [0.1, 0.15) is 5.76 Å². The van der Waals surface area contributed by atoms with Crippen LogP contribution < -0.4 is 5.32 Å². The van der Waals surface area contributed by atoms with Crippen LogP contribution in [0, 0.1) is 0 Å². The van der Waals surface area contributed by atoms with Crippen molar-refractivity contribution in [3.8, 4) is 0 Å². The lowest BCUT2D eigenvalue weighted by Crippen LogP contribution is -2.39. The van der Waals surface area contributed by atoms with E-state index in [1.165, 1.54) is 5.56 Å². The lowest BCUT2D eigenvalue weighted by atomic mass is 10.2. The van der Waals surface area contributed by atoms with Crippen molar-refractivity contribution in [2.24, 2.45) is 0 Å². The molecule has 4 heteroatoms. The van der Waals surface area contributed by atoms with Crippen molar-refractivity contribution >= 4 is 0 Å². The summed E-state index contributed by atoms with van der Waals surface area (Å²) in [5, 5.41) is 3.31. The normalized spacial score (nSPS) is 13.4. The number of nitrogens with zero attached hydrogens (tertiary/aromatic N) is 2. The van der Waals surface area contributed by atoms with Gasteiger partial charge in [-0.25, -0.2) is 0 Å². The molecule has 1 aromatic rings. The molecule has 0 bridgehead atoms. The van der Waals surface area contributed by atoms with Crippen LogP contribution in [-0.4, -0.2) is 49.6 Å². The molecule has 0 amide bonds. The quantitative estimate of drug-likeness (QED) is 0.743. The molecule has 0 saturated carbocycles. The van der Waals surface area contributed by atoms with E-state index in [4.69, 9.17) is 4.42 Å². The predicted octanol–water partition coefficient (Wildman–Crippen LogP) is 2.16. The highest BCUT2D eigenvalue weighted by molar-refractivity contribution is 5.12. The zero-order chi connectivity index (χ0) is 14.3. The van der Waals surface area contributed by atoms with Crippen molar-refractivity contribution < 1.29 is 4.42 Å².